The second-order valence-electron chi connectivity index (χ2n) is 6.41. The van der Waals surface area contributed by atoms with Crippen molar-refractivity contribution in [2.24, 2.45) is 0 Å². The van der Waals surface area contributed by atoms with Crippen LogP contribution in [0.25, 0.3) is 5.65 Å². The van der Waals surface area contributed by atoms with Crippen LogP contribution >= 0.6 is 0 Å². The van der Waals surface area contributed by atoms with E-state index in [0.717, 1.165) is 49.0 Å². The van der Waals surface area contributed by atoms with Gasteiger partial charge in [-0.05, 0) is 12.5 Å². The van der Waals surface area contributed by atoms with Crippen molar-refractivity contribution in [2.45, 2.75) is 13.0 Å². The number of rotatable bonds is 4. The van der Waals surface area contributed by atoms with Crippen molar-refractivity contribution in [1.29, 1.82) is 0 Å². The Labute approximate surface area is 146 Å². The molecule has 0 bridgehead atoms. The van der Waals surface area contributed by atoms with Gasteiger partial charge in [0, 0.05) is 32.7 Å². The first-order chi connectivity index (χ1) is 12.2. The van der Waals surface area contributed by atoms with E-state index in [0.29, 0.717) is 6.54 Å². The van der Waals surface area contributed by atoms with Gasteiger partial charge in [0.05, 0.1) is 18.5 Å². The van der Waals surface area contributed by atoms with Gasteiger partial charge in [0.25, 0.3) is 0 Å². The fourth-order valence-corrected chi connectivity index (χ4v) is 3.31. The quantitative estimate of drug-likeness (QED) is 0.773. The number of β-amino-alcohol motifs (C(OH)–C–C–N with tert-alkyl or cyclic N) is 1. The van der Waals surface area contributed by atoms with E-state index < -0.39 is 6.10 Å². The molecule has 1 fully saturated rings. The predicted molar refractivity (Wildman–Crippen MR) is 95.6 cm³/mol. The van der Waals surface area contributed by atoms with E-state index in [1.54, 1.807) is 6.20 Å². The number of hydrogen-bond donors (Lipinski definition) is 1. The lowest BCUT2D eigenvalue weighted by atomic mass is 10.1. The SMILES string of the molecule is Cc1nc2cncc(N3CCN(C[C@H](O)c4ccccc4)CC3)n2n1. The Kier molecular flexibility index (Phi) is 4.33. The van der Waals surface area contributed by atoms with Gasteiger partial charge in [-0.3, -0.25) is 9.88 Å². The van der Waals surface area contributed by atoms with E-state index in [2.05, 4.69) is 24.9 Å². The third kappa shape index (κ3) is 3.33. The van der Waals surface area contributed by atoms with Gasteiger partial charge in [-0.2, -0.15) is 4.52 Å². The highest BCUT2D eigenvalue weighted by molar-refractivity contribution is 5.47. The zero-order valence-electron chi connectivity index (χ0n) is 14.3. The van der Waals surface area contributed by atoms with Crippen molar-refractivity contribution >= 4 is 11.5 Å². The Morgan fingerprint density at radius 3 is 2.60 bits per heavy atom. The van der Waals surface area contributed by atoms with Crippen molar-refractivity contribution in [2.75, 3.05) is 37.6 Å². The maximum absolute atomic E-state index is 10.4. The van der Waals surface area contributed by atoms with Gasteiger partial charge in [0.15, 0.2) is 11.5 Å². The summed E-state index contributed by atoms with van der Waals surface area (Å²) in [4.78, 5) is 13.2. The molecule has 0 aliphatic carbocycles. The first-order valence-corrected chi connectivity index (χ1v) is 8.58. The molecule has 0 radical (unpaired) electrons. The summed E-state index contributed by atoms with van der Waals surface area (Å²) in [7, 11) is 0. The molecular formula is C18H22N6O. The van der Waals surface area contributed by atoms with Crippen LogP contribution in [0, 0.1) is 6.92 Å². The molecule has 4 rings (SSSR count). The van der Waals surface area contributed by atoms with Gasteiger partial charge >= 0.3 is 0 Å². The van der Waals surface area contributed by atoms with Crippen LogP contribution in [0.2, 0.25) is 0 Å². The molecule has 0 saturated carbocycles. The molecule has 25 heavy (non-hydrogen) atoms. The first kappa shape index (κ1) is 16.0. The molecule has 1 N–H and O–H groups in total. The number of fused-ring (bicyclic) bond motifs is 1. The maximum atomic E-state index is 10.4. The summed E-state index contributed by atoms with van der Waals surface area (Å²) in [6, 6.07) is 9.84. The molecule has 1 aliphatic heterocycles. The Morgan fingerprint density at radius 1 is 1.08 bits per heavy atom. The summed E-state index contributed by atoms with van der Waals surface area (Å²) >= 11 is 0. The van der Waals surface area contributed by atoms with Crippen molar-refractivity contribution in [3.63, 3.8) is 0 Å². The van der Waals surface area contributed by atoms with Crippen LogP contribution in [0.1, 0.15) is 17.5 Å². The minimum Gasteiger partial charge on any atom is -0.387 e. The van der Waals surface area contributed by atoms with Crippen LogP contribution in [-0.4, -0.2) is 62.3 Å². The second kappa shape index (κ2) is 6.78. The van der Waals surface area contributed by atoms with Crippen molar-refractivity contribution < 1.29 is 5.11 Å². The zero-order chi connectivity index (χ0) is 17.2. The van der Waals surface area contributed by atoms with Gasteiger partial charge in [0.1, 0.15) is 5.82 Å². The monoisotopic (exact) mass is 338 g/mol. The van der Waals surface area contributed by atoms with E-state index in [1.807, 2.05) is 48.0 Å². The van der Waals surface area contributed by atoms with E-state index in [-0.39, 0.29) is 0 Å². The Hall–Kier alpha value is -2.51. The second-order valence-corrected chi connectivity index (χ2v) is 6.41. The Bertz CT molecular complexity index is 841. The highest BCUT2D eigenvalue weighted by atomic mass is 16.3. The lowest BCUT2D eigenvalue weighted by Crippen LogP contribution is -2.48. The molecule has 3 heterocycles. The maximum Gasteiger partial charge on any atom is 0.176 e. The van der Waals surface area contributed by atoms with E-state index >= 15 is 0 Å². The predicted octanol–water partition coefficient (Wildman–Crippen LogP) is 1.29. The van der Waals surface area contributed by atoms with Crippen molar-refractivity contribution in [1.82, 2.24) is 24.5 Å². The van der Waals surface area contributed by atoms with E-state index in [1.165, 1.54) is 0 Å². The molecule has 130 valence electrons. The van der Waals surface area contributed by atoms with Crippen LogP contribution in [0.4, 0.5) is 5.82 Å². The smallest absolute Gasteiger partial charge is 0.176 e. The van der Waals surface area contributed by atoms with Crippen LogP contribution in [0.5, 0.6) is 0 Å². The molecule has 1 saturated heterocycles. The Morgan fingerprint density at radius 2 is 1.84 bits per heavy atom. The highest BCUT2D eigenvalue weighted by Gasteiger charge is 2.22. The Balaban J connectivity index is 1.41. The molecule has 1 atom stereocenters. The highest BCUT2D eigenvalue weighted by Crippen LogP contribution is 2.19. The molecule has 1 aromatic carbocycles. The topological polar surface area (TPSA) is 69.8 Å². The lowest BCUT2D eigenvalue weighted by molar-refractivity contribution is 0.109. The van der Waals surface area contributed by atoms with Crippen molar-refractivity contribution in [3.05, 3.63) is 54.1 Å². The molecule has 1 aliphatic rings. The molecule has 2 aromatic heterocycles. The number of piperazine rings is 1. The zero-order valence-corrected chi connectivity index (χ0v) is 14.3. The summed E-state index contributed by atoms with van der Waals surface area (Å²) < 4.78 is 1.86. The summed E-state index contributed by atoms with van der Waals surface area (Å²) in [6.45, 7) is 6.09. The minimum absolute atomic E-state index is 0.448. The van der Waals surface area contributed by atoms with Crippen molar-refractivity contribution in [3.8, 4) is 0 Å². The normalized spacial score (nSPS) is 17.1. The number of aliphatic hydroxyl groups excluding tert-OH is 1. The molecule has 0 spiro atoms. The molecular weight excluding hydrogens is 316 g/mol. The minimum atomic E-state index is -0.448. The molecule has 0 amide bonds. The average molecular weight is 338 g/mol. The standard InChI is InChI=1S/C18H22N6O/c1-14-20-17-11-19-12-18(24(17)21-14)23-9-7-22(8-10-23)13-16(25)15-5-3-2-4-6-15/h2-6,11-12,16,25H,7-10,13H2,1H3/t16-/m0/s1. The molecule has 7 heteroatoms. The number of hydrogen-bond acceptors (Lipinski definition) is 6. The molecule has 3 aromatic rings. The molecule has 7 nitrogen and oxygen atoms in total. The van der Waals surface area contributed by atoms with E-state index in [4.69, 9.17) is 0 Å². The van der Waals surface area contributed by atoms with Crippen LogP contribution in [-0.2, 0) is 0 Å². The van der Waals surface area contributed by atoms with Crippen LogP contribution in [0.15, 0.2) is 42.7 Å². The fraction of sp³-hybridized carbons (Fsp3) is 0.389. The first-order valence-electron chi connectivity index (χ1n) is 8.58. The molecule has 0 unspecified atom stereocenters. The number of aryl methyl sites for hydroxylation is 1. The average Bonchev–Trinajstić information content (AvgIpc) is 3.03. The number of nitrogens with zero attached hydrogens (tertiary/aromatic N) is 6. The van der Waals surface area contributed by atoms with Gasteiger partial charge in [-0.15, -0.1) is 5.10 Å². The van der Waals surface area contributed by atoms with Gasteiger partial charge in [-0.25, -0.2) is 4.98 Å². The number of benzene rings is 1. The number of aromatic nitrogens is 4. The largest absolute Gasteiger partial charge is 0.387 e. The summed E-state index contributed by atoms with van der Waals surface area (Å²) in [6.07, 6.45) is 3.13. The van der Waals surface area contributed by atoms with E-state index in [9.17, 15) is 5.11 Å². The third-order valence-electron chi connectivity index (χ3n) is 4.65. The number of anilines is 1. The van der Waals surface area contributed by atoms with Gasteiger partial charge in [-0.1, -0.05) is 30.3 Å². The summed E-state index contributed by atoms with van der Waals surface area (Å²) in [5, 5.41) is 14.9. The fourth-order valence-electron chi connectivity index (χ4n) is 3.31. The number of aliphatic hydroxyl groups is 1. The van der Waals surface area contributed by atoms with Crippen LogP contribution < -0.4 is 4.90 Å². The van der Waals surface area contributed by atoms with Gasteiger partial charge in [0.2, 0.25) is 0 Å². The summed E-state index contributed by atoms with van der Waals surface area (Å²) in [5.74, 6) is 1.72. The van der Waals surface area contributed by atoms with Crippen LogP contribution in [0.3, 0.4) is 0 Å². The third-order valence-corrected chi connectivity index (χ3v) is 4.65. The summed E-state index contributed by atoms with van der Waals surface area (Å²) in [5.41, 5.74) is 1.74. The lowest BCUT2D eigenvalue weighted by Gasteiger charge is -2.36. The van der Waals surface area contributed by atoms with Gasteiger partial charge < -0.3 is 10.0 Å².